The lowest BCUT2D eigenvalue weighted by Crippen LogP contribution is -2.29. The zero-order valence-corrected chi connectivity index (χ0v) is 19.5. The Bertz CT molecular complexity index is 1060. The second-order valence-corrected chi connectivity index (χ2v) is 9.50. The molecule has 4 rings (SSSR count). The maximum Gasteiger partial charge on any atom is 0.252 e. The van der Waals surface area contributed by atoms with Crippen molar-refractivity contribution in [2.45, 2.75) is 51.6 Å². The van der Waals surface area contributed by atoms with E-state index in [1.807, 2.05) is 40.6 Å². The predicted octanol–water partition coefficient (Wildman–Crippen LogP) is 5.90. The van der Waals surface area contributed by atoms with Gasteiger partial charge in [-0.2, -0.15) is 0 Å². The van der Waals surface area contributed by atoms with E-state index in [0.29, 0.717) is 24.4 Å². The van der Waals surface area contributed by atoms with Gasteiger partial charge in [-0.1, -0.05) is 56.3 Å². The van der Waals surface area contributed by atoms with Crippen molar-refractivity contribution < 1.29 is 9.59 Å². The minimum absolute atomic E-state index is 0.107. The fourth-order valence-corrected chi connectivity index (χ4v) is 4.95. The molecule has 1 fully saturated rings. The summed E-state index contributed by atoms with van der Waals surface area (Å²) in [6, 6.07) is 20.1. The second kappa shape index (κ2) is 10.1. The molecule has 0 aliphatic carbocycles. The summed E-state index contributed by atoms with van der Waals surface area (Å²) in [6.07, 6.45) is 2.64. The molecule has 0 bridgehead atoms. The van der Waals surface area contributed by atoms with Crippen LogP contribution >= 0.6 is 11.3 Å². The molecule has 2 amide bonds. The average Bonchev–Trinajstić information content (AvgIpc) is 3.49. The lowest BCUT2D eigenvalue weighted by molar-refractivity contribution is -0.128. The molecule has 5 heteroatoms. The average molecular weight is 447 g/mol. The molecule has 1 aliphatic rings. The molecule has 1 aliphatic heterocycles. The Kier molecular flexibility index (Phi) is 7.05. The van der Waals surface area contributed by atoms with Gasteiger partial charge in [-0.3, -0.25) is 9.59 Å². The molecule has 0 saturated carbocycles. The van der Waals surface area contributed by atoms with Crippen LogP contribution in [0.25, 0.3) is 0 Å². The molecule has 2 unspecified atom stereocenters. The third-order valence-corrected chi connectivity index (χ3v) is 7.23. The number of carbonyl (C=O) groups excluding carboxylic acids is 2. The number of rotatable bonds is 8. The van der Waals surface area contributed by atoms with Gasteiger partial charge in [-0.15, -0.1) is 11.3 Å². The van der Waals surface area contributed by atoms with Crippen molar-refractivity contribution in [1.82, 2.24) is 10.2 Å². The Morgan fingerprint density at radius 3 is 2.53 bits per heavy atom. The Morgan fingerprint density at radius 1 is 1.09 bits per heavy atom. The molecular formula is C27H30N2O2S. The number of likely N-dealkylation sites (tertiary alicyclic amines) is 1. The zero-order valence-electron chi connectivity index (χ0n) is 18.7. The molecule has 0 radical (unpaired) electrons. The van der Waals surface area contributed by atoms with Crippen LogP contribution in [-0.4, -0.2) is 23.3 Å². The van der Waals surface area contributed by atoms with Crippen LogP contribution in [0.4, 0.5) is 0 Å². The third kappa shape index (κ3) is 5.10. The monoisotopic (exact) mass is 446 g/mol. The van der Waals surface area contributed by atoms with Gasteiger partial charge in [-0.25, -0.2) is 0 Å². The number of benzene rings is 2. The van der Waals surface area contributed by atoms with Crippen molar-refractivity contribution in [2.24, 2.45) is 0 Å². The summed E-state index contributed by atoms with van der Waals surface area (Å²) in [5.74, 6) is 0.603. The number of carbonyl (C=O) groups is 2. The molecule has 166 valence electrons. The van der Waals surface area contributed by atoms with E-state index >= 15 is 0 Å². The highest BCUT2D eigenvalue weighted by Crippen LogP contribution is 2.28. The Morgan fingerprint density at radius 2 is 1.88 bits per heavy atom. The van der Waals surface area contributed by atoms with Crippen LogP contribution in [0.5, 0.6) is 0 Å². The fourth-order valence-electron chi connectivity index (χ4n) is 4.14. The summed E-state index contributed by atoms with van der Waals surface area (Å²) < 4.78 is 0. The van der Waals surface area contributed by atoms with Gasteiger partial charge >= 0.3 is 0 Å². The molecule has 2 heterocycles. The lowest BCUT2D eigenvalue weighted by Gasteiger charge is -2.20. The van der Waals surface area contributed by atoms with E-state index in [1.54, 1.807) is 11.3 Å². The van der Waals surface area contributed by atoms with Gasteiger partial charge in [-0.05, 0) is 59.0 Å². The van der Waals surface area contributed by atoms with E-state index < -0.39 is 0 Å². The Labute approximate surface area is 194 Å². The topological polar surface area (TPSA) is 49.4 Å². The van der Waals surface area contributed by atoms with Crippen LogP contribution in [-0.2, 0) is 11.3 Å². The molecule has 3 aromatic rings. The third-order valence-electron chi connectivity index (χ3n) is 6.29. The van der Waals surface area contributed by atoms with Gasteiger partial charge in [0, 0.05) is 30.0 Å². The molecule has 2 atom stereocenters. The highest BCUT2D eigenvalue weighted by Gasteiger charge is 2.22. The smallest absolute Gasteiger partial charge is 0.252 e. The number of nitrogens with one attached hydrogen (secondary N) is 1. The lowest BCUT2D eigenvalue weighted by atomic mass is 9.95. The summed E-state index contributed by atoms with van der Waals surface area (Å²) in [5.41, 5.74) is 3.99. The van der Waals surface area contributed by atoms with Gasteiger partial charge in [0.2, 0.25) is 5.91 Å². The quantitative estimate of drug-likeness (QED) is 0.468. The number of thiophene rings is 1. The van der Waals surface area contributed by atoms with Crippen molar-refractivity contribution in [3.05, 3.63) is 93.2 Å². The van der Waals surface area contributed by atoms with Crippen molar-refractivity contribution in [3.8, 4) is 0 Å². The fraction of sp³-hybridized carbons (Fsp3) is 0.333. The molecule has 1 saturated heterocycles. The SMILES string of the molecule is CCC(C)c1ccc(C(NC(=O)c2cccc(CN3CCCC3=O)c2)c2cccs2)cc1. The first-order valence-electron chi connectivity index (χ1n) is 11.4. The number of hydrogen-bond donors (Lipinski definition) is 1. The largest absolute Gasteiger partial charge is 0.340 e. The first-order chi connectivity index (χ1) is 15.5. The molecule has 1 N–H and O–H groups in total. The van der Waals surface area contributed by atoms with Crippen LogP contribution in [0.1, 0.15) is 77.0 Å². The minimum Gasteiger partial charge on any atom is -0.340 e. The van der Waals surface area contributed by atoms with Crippen LogP contribution in [0.2, 0.25) is 0 Å². The zero-order chi connectivity index (χ0) is 22.5. The predicted molar refractivity (Wildman–Crippen MR) is 130 cm³/mol. The Balaban J connectivity index is 1.53. The highest BCUT2D eigenvalue weighted by molar-refractivity contribution is 7.10. The molecular weight excluding hydrogens is 416 g/mol. The van der Waals surface area contributed by atoms with Gasteiger partial charge in [0.25, 0.3) is 5.91 Å². The minimum atomic E-state index is -0.197. The summed E-state index contributed by atoms with van der Waals surface area (Å²) in [4.78, 5) is 28.1. The van der Waals surface area contributed by atoms with E-state index in [2.05, 4.69) is 49.5 Å². The van der Waals surface area contributed by atoms with Crippen LogP contribution in [0, 0.1) is 0 Å². The van der Waals surface area contributed by atoms with Gasteiger partial charge in [0.15, 0.2) is 0 Å². The van der Waals surface area contributed by atoms with Crippen molar-refractivity contribution >= 4 is 23.2 Å². The van der Waals surface area contributed by atoms with Crippen LogP contribution in [0.3, 0.4) is 0 Å². The maximum atomic E-state index is 13.2. The van der Waals surface area contributed by atoms with E-state index in [0.717, 1.165) is 35.4 Å². The van der Waals surface area contributed by atoms with Gasteiger partial charge in [0.05, 0.1) is 6.04 Å². The molecule has 32 heavy (non-hydrogen) atoms. The van der Waals surface area contributed by atoms with E-state index in [9.17, 15) is 9.59 Å². The van der Waals surface area contributed by atoms with E-state index in [1.165, 1.54) is 5.56 Å². The highest BCUT2D eigenvalue weighted by atomic mass is 32.1. The van der Waals surface area contributed by atoms with E-state index in [-0.39, 0.29) is 17.9 Å². The molecule has 4 nitrogen and oxygen atoms in total. The summed E-state index contributed by atoms with van der Waals surface area (Å²) in [5, 5.41) is 5.27. The normalized spacial score (nSPS) is 15.6. The van der Waals surface area contributed by atoms with Crippen LogP contribution < -0.4 is 5.32 Å². The number of hydrogen-bond acceptors (Lipinski definition) is 3. The van der Waals surface area contributed by atoms with E-state index in [4.69, 9.17) is 0 Å². The first-order valence-corrected chi connectivity index (χ1v) is 12.2. The number of amides is 2. The van der Waals surface area contributed by atoms with Crippen molar-refractivity contribution in [2.75, 3.05) is 6.54 Å². The molecule has 1 aromatic heterocycles. The summed E-state index contributed by atoms with van der Waals surface area (Å²) in [6.45, 7) is 5.78. The van der Waals surface area contributed by atoms with Gasteiger partial charge in [0.1, 0.15) is 0 Å². The summed E-state index contributed by atoms with van der Waals surface area (Å²) in [7, 11) is 0. The number of nitrogens with zero attached hydrogens (tertiary/aromatic N) is 1. The van der Waals surface area contributed by atoms with Crippen molar-refractivity contribution in [3.63, 3.8) is 0 Å². The van der Waals surface area contributed by atoms with Crippen LogP contribution in [0.15, 0.2) is 66.0 Å². The van der Waals surface area contributed by atoms with Gasteiger partial charge < -0.3 is 10.2 Å². The standard InChI is InChI=1S/C27H30N2O2S/c1-3-19(2)21-11-13-22(14-12-21)26(24-9-6-16-32-24)28-27(31)23-8-4-7-20(17-23)18-29-15-5-10-25(29)30/h4,6-9,11-14,16-17,19,26H,3,5,10,15,18H2,1-2H3,(H,28,31). The molecule has 0 spiro atoms. The first kappa shape index (κ1) is 22.3. The second-order valence-electron chi connectivity index (χ2n) is 8.52. The van der Waals surface area contributed by atoms with Crippen molar-refractivity contribution in [1.29, 1.82) is 0 Å². The maximum absolute atomic E-state index is 13.2. The summed E-state index contributed by atoms with van der Waals surface area (Å²) >= 11 is 1.64. The molecule has 2 aromatic carbocycles. The Hall–Kier alpha value is -2.92.